The normalized spacial score (nSPS) is 11.9. The van der Waals surface area contributed by atoms with Gasteiger partial charge < -0.3 is 5.32 Å². The average Bonchev–Trinajstić information content (AvgIpc) is 2.94. The molecule has 0 aliphatic carbocycles. The van der Waals surface area contributed by atoms with E-state index in [1.54, 1.807) is 48.5 Å². The maximum absolute atomic E-state index is 12.8. The Morgan fingerprint density at radius 3 is 1.92 bits per heavy atom. The van der Waals surface area contributed by atoms with Gasteiger partial charge in [-0.05, 0) is 66.2 Å². The van der Waals surface area contributed by atoms with Crippen molar-refractivity contribution in [1.82, 2.24) is 15.6 Å². The van der Waals surface area contributed by atoms with Crippen molar-refractivity contribution < 1.29 is 18.0 Å². The zero-order valence-electron chi connectivity index (χ0n) is 20.1. The van der Waals surface area contributed by atoms with Crippen LogP contribution in [0.15, 0.2) is 114 Å². The molecule has 4 aromatic rings. The molecule has 194 valence electrons. The van der Waals surface area contributed by atoms with Crippen molar-refractivity contribution in [2.45, 2.75) is 10.9 Å². The molecule has 0 heterocycles. The number of hydrogen-bond donors (Lipinski definition) is 4. The summed E-state index contributed by atoms with van der Waals surface area (Å²) >= 11 is 5.86. The second-order valence-corrected chi connectivity index (χ2v) is 10.5. The molecule has 0 spiro atoms. The SMILES string of the molecule is O=C(NN[C@H](CNS(=O)(=O)c1ccc(Cl)cc1)c1ccccc1)c1ccc(NC(=O)c2ccccc2)cc1. The zero-order valence-corrected chi connectivity index (χ0v) is 21.7. The first-order valence-corrected chi connectivity index (χ1v) is 13.5. The molecule has 0 bridgehead atoms. The van der Waals surface area contributed by atoms with Crippen molar-refractivity contribution in [3.05, 3.63) is 131 Å². The third kappa shape index (κ3) is 7.27. The number of rotatable bonds is 10. The van der Waals surface area contributed by atoms with Crippen molar-refractivity contribution in [3.63, 3.8) is 0 Å². The van der Waals surface area contributed by atoms with Crippen LogP contribution in [-0.2, 0) is 10.0 Å². The lowest BCUT2D eigenvalue weighted by atomic mass is 10.1. The van der Waals surface area contributed by atoms with E-state index in [0.717, 1.165) is 5.56 Å². The van der Waals surface area contributed by atoms with Gasteiger partial charge in [0.2, 0.25) is 10.0 Å². The first-order valence-electron chi connectivity index (χ1n) is 11.6. The minimum Gasteiger partial charge on any atom is -0.322 e. The number of sulfonamides is 1. The van der Waals surface area contributed by atoms with Gasteiger partial charge in [-0.2, -0.15) is 0 Å². The minimum atomic E-state index is -3.80. The Morgan fingerprint density at radius 2 is 1.29 bits per heavy atom. The molecule has 0 saturated carbocycles. The molecule has 0 fully saturated rings. The molecule has 0 saturated heterocycles. The Balaban J connectivity index is 1.38. The first-order chi connectivity index (χ1) is 18.3. The number of nitrogens with one attached hydrogen (secondary N) is 4. The molecule has 0 unspecified atom stereocenters. The molecule has 0 aliphatic rings. The molecule has 1 atom stereocenters. The third-order valence-electron chi connectivity index (χ3n) is 5.60. The number of anilines is 1. The van der Waals surface area contributed by atoms with Gasteiger partial charge >= 0.3 is 0 Å². The maximum Gasteiger partial charge on any atom is 0.265 e. The highest BCUT2D eigenvalue weighted by Crippen LogP contribution is 2.16. The summed E-state index contributed by atoms with van der Waals surface area (Å²) in [5.74, 6) is -0.677. The van der Waals surface area contributed by atoms with Gasteiger partial charge in [-0.25, -0.2) is 18.6 Å². The van der Waals surface area contributed by atoms with Crippen LogP contribution in [0.25, 0.3) is 0 Å². The number of hydrogen-bond acceptors (Lipinski definition) is 5. The van der Waals surface area contributed by atoms with E-state index in [9.17, 15) is 18.0 Å². The van der Waals surface area contributed by atoms with Crippen molar-refractivity contribution >= 4 is 39.1 Å². The Morgan fingerprint density at radius 1 is 0.711 bits per heavy atom. The van der Waals surface area contributed by atoms with Gasteiger partial charge in [0.1, 0.15) is 0 Å². The Hall–Kier alpha value is -4.02. The number of hydrazine groups is 1. The predicted molar refractivity (Wildman–Crippen MR) is 147 cm³/mol. The summed E-state index contributed by atoms with van der Waals surface area (Å²) < 4.78 is 28.0. The van der Waals surface area contributed by atoms with E-state index in [1.807, 2.05) is 36.4 Å². The smallest absolute Gasteiger partial charge is 0.265 e. The van der Waals surface area contributed by atoms with Gasteiger partial charge in [0.15, 0.2) is 0 Å². The van der Waals surface area contributed by atoms with Crippen LogP contribution in [0.2, 0.25) is 5.02 Å². The fourth-order valence-corrected chi connectivity index (χ4v) is 4.72. The monoisotopic (exact) mass is 548 g/mol. The average molecular weight is 549 g/mol. The van der Waals surface area contributed by atoms with Crippen molar-refractivity contribution in [3.8, 4) is 0 Å². The van der Waals surface area contributed by atoms with Crippen LogP contribution in [-0.4, -0.2) is 26.8 Å². The standard InChI is InChI=1S/C28H25ClN4O4S/c29-23-13-17-25(18-14-23)38(36,37)30-19-26(20-7-3-1-4-8-20)32-33-28(35)22-11-15-24(16-12-22)31-27(34)21-9-5-2-6-10-21/h1-18,26,30,32H,19H2,(H,31,34)(H,33,35)/t26-/m1/s1. The fraction of sp³-hybridized carbons (Fsp3) is 0.0714. The van der Waals surface area contributed by atoms with E-state index in [4.69, 9.17) is 11.6 Å². The lowest BCUT2D eigenvalue weighted by molar-refractivity contribution is 0.0925. The molecule has 0 aromatic heterocycles. The number of carbonyl (C=O) groups is 2. The molecule has 38 heavy (non-hydrogen) atoms. The van der Waals surface area contributed by atoms with Crippen molar-refractivity contribution in [1.29, 1.82) is 0 Å². The summed E-state index contributed by atoms with van der Waals surface area (Å²) in [6, 6.07) is 29.6. The summed E-state index contributed by atoms with van der Waals surface area (Å²) in [4.78, 5) is 25.2. The first kappa shape index (κ1) is 27.0. The molecule has 4 N–H and O–H groups in total. The number of amides is 2. The van der Waals surface area contributed by atoms with Gasteiger partial charge in [-0.15, -0.1) is 0 Å². The van der Waals surface area contributed by atoms with E-state index in [-0.39, 0.29) is 17.3 Å². The highest BCUT2D eigenvalue weighted by molar-refractivity contribution is 7.89. The highest BCUT2D eigenvalue weighted by atomic mass is 35.5. The molecular weight excluding hydrogens is 524 g/mol. The molecular formula is C28H25ClN4O4S. The summed E-state index contributed by atoms with van der Waals surface area (Å²) in [5.41, 5.74) is 7.75. The highest BCUT2D eigenvalue weighted by Gasteiger charge is 2.19. The summed E-state index contributed by atoms with van der Waals surface area (Å²) in [6.07, 6.45) is 0. The van der Waals surface area contributed by atoms with Crippen molar-refractivity contribution in [2.75, 3.05) is 11.9 Å². The minimum absolute atomic E-state index is 0.0281. The van der Waals surface area contributed by atoms with Gasteiger partial charge in [0, 0.05) is 28.4 Å². The largest absolute Gasteiger partial charge is 0.322 e. The lowest BCUT2D eigenvalue weighted by Crippen LogP contribution is -2.44. The van der Waals surface area contributed by atoms with Crippen LogP contribution in [0.4, 0.5) is 5.69 Å². The predicted octanol–water partition coefficient (Wildman–Crippen LogP) is 4.55. The number of benzene rings is 4. The number of carbonyl (C=O) groups excluding carboxylic acids is 2. The Kier molecular flexibility index (Phi) is 8.88. The fourth-order valence-electron chi connectivity index (χ4n) is 3.55. The molecule has 4 aromatic carbocycles. The number of halogens is 1. The van der Waals surface area contributed by atoms with Crippen LogP contribution in [0.1, 0.15) is 32.3 Å². The Labute approximate surface area is 226 Å². The summed E-state index contributed by atoms with van der Waals surface area (Å²) in [5, 5.41) is 3.22. The van der Waals surface area contributed by atoms with E-state index in [1.165, 1.54) is 24.3 Å². The quantitative estimate of drug-likeness (QED) is 0.217. The van der Waals surface area contributed by atoms with E-state index in [2.05, 4.69) is 20.9 Å². The van der Waals surface area contributed by atoms with E-state index < -0.39 is 22.0 Å². The van der Waals surface area contributed by atoms with Crippen LogP contribution in [0.5, 0.6) is 0 Å². The van der Waals surface area contributed by atoms with Gasteiger partial charge in [0.05, 0.1) is 10.9 Å². The van der Waals surface area contributed by atoms with Crippen molar-refractivity contribution in [2.24, 2.45) is 0 Å². The van der Waals surface area contributed by atoms with Crippen LogP contribution in [0, 0.1) is 0 Å². The van der Waals surface area contributed by atoms with Gasteiger partial charge in [-0.3, -0.25) is 15.0 Å². The van der Waals surface area contributed by atoms with Gasteiger partial charge in [-0.1, -0.05) is 60.1 Å². The molecule has 2 amide bonds. The summed E-state index contributed by atoms with van der Waals surface area (Å²) in [7, 11) is -3.80. The van der Waals surface area contributed by atoms with Crippen LogP contribution < -0.4 is 20.9 Å². The molecule has 0 radical (unpaired) electrons. The maximum atomic E-state index is 12.8. The van der Waals surface area contributed by atoms with Crippen LogP contribution in [0.3, 0.4) is 0 Å². The summed E-state index contributed by atoms with van der Waals surface area (Å²) in [6.45, 7) is -0.0281. The molecule has 4 rings (SSSR count). The second-order valence-electron chi connectivity index (χ2n) is 8.27. The molecule has 0 aliphatic heterocycles. The third-order valence-corrected chi connectivity index (χ3v) is 7.30. The lowest BCUT2D eigenvalue weighted by Gasteiger charge is -2.20. The van der Waals surface area contributed by atoms with Crippen LogP contribution >= 0.6 is 11.6 Å². The molecule has 8 nitrogen and oxygen atoms in total. The Bertz CT molecular complexity index is 1480. The zero-order chi connectivity index (χ0) is 27.0. The molecule has 10 heteroatoms. The topological polar surface area (TPSA) is 116 Å². The van der Waals surface area contributed by atoms with E-state index >= 15 is 0 Å². The van der Waals surface area contributed by atoms with Gasteiger partial charge in [0.25, 0.3) is 11.8 Å². The second kappa shape index (κ2) is 12.5. The van der Waals surface area contributed by atoms with E-state index in [0.29, 0.717) is 21.8 Å².